The second-order valence-corrected chi connectivity index (χ2v) is 5.09. The molecule has 0 amide bonds. The Bertz CT molecular complexity index is 390. The van der Waals surface area contributed by atoms with Gasteiger partial charge in [0.25, 0.3) is 0 Å². The third kappa shape index (κ3) is 3.66. The van der Waals surface area contributed by atoms with Gasteiger partial charge in [-0.05, 0) is 30.7 Å². The SMILES string of the molecule is C=CCn1nnnc1SCCC(C)(C)C#N. The van der Waals surface area contributed by atoms with Crippen molar-refractivity contribution >= 4 is 11.8 Å². The van der Waals surface area contributed by atoms with Gasteiger partial charge in [-0.1, -0.05) is 17.8 Å². The summed E-state index contributed by atoms with van der Waals surface area (Å²) in [6.07, 6.45) is 2.56. The lowest BCUT2D eigenvalue weighted by atomic mass is 9.93. The van der Waals surface area contributed by atoms with E-state index in [9.17, 15) is 0 Å². The van der Waals surface area contributed by atoms with Gasteiger partial charge < -0.3 is 0 Å². The molecule has 1 heterocycles. The highest BCUT2D eigenvalue weighted by Gasteiger charge is 2.17. The van der Waals surface area contributed by atoms with E-state index in [1.165, 1.54) is 0 Å². The molecule has 86 valence electrons. The standard InChI is InChI=1S/C10H15N5S/c1-4-6-15-9(12-13-14-15)16-7-5-10(2,3)8-11/h4H,1,5-7H2,2-3H3. The molecule has 0 N–H and O–H groups in total. The lowest BCUT2D eigenvalue weighted by molar-refractivity contribution is 0.481. The summed E-state index contributed by atoms with van der Waals surface area (Å²) in [4.78, 5) is 0. The van der Waals surface area contributed by atoms with Gasteiger partial charge in [0.15, 0.2) is 0 Å². The Kier molecular flexibility index (Phi) is 4.50. The molecular weight excluding hydrogens is 222 g/mol. The number of thioether (sulfide) groups is 1. The van der Waals surface area contributed by atoms with Gasteiger partial charge in [-0.3, -0.25) is 0 Å². The normalized spacial score (nSPS) is 11.1. The van der Waals surface area contributed by atoms with Crippen molar-refractivity contribution in [1.29, 1.82) is 5.26 Å². The lowest BCUT2D eigenvalue weighted by Gasteiger charge is -2.13. The number of allylic oxidation sites excluding steroid dienone is 1. The maximum absolute atomic E-state index is 8.87. The Labute approximate surface area is 99.5 Å². The van der Waals surface area contributed by atoms with E-state index in [1.54, 1.807) is 22.5 Å². The molecule has 1 aromatic rings. The summed E-state index contributed by atoms with van der Waals surface area (Å²) in [6, 6.07) is 2.27. The summed E-state index contributed by atoms with van der Waals surface area (Å²) in [6.45, 7) is 8.11. The smallest absolute Gasteiger partial charge is 0.209 e. The van der Waals surface area contributed by atoms with Crippen molar-refractivity contribution in [3.63, 3.8) is 0 Å². The van der Waals surface area contributed by atoms with Crippen molar-refractivity contribution in [2.45, 2.75) is 32.0 Å². The second kappa shape index (κ2) is 5.66. The number of hydrogen-bond donors (Lipinski definition) is 0. The van der Waals surface area contributed by atoms with Crippen molar-refractivity contribution in [1.82, 2.24) is 20.2 Å². The first-order valence-corrected chi connectivity index (χ1v) is 5.99. The Balaban J connectivity index is 2.46. The molecule has 0 atom stereocenters. The molecule has 0 unspecified atom stereocenters. The van der Waals surface area contributed by atoms with Crippen molar-refractivity contribution in [2.75, 3.05) is 5.75 Å². The van der Waals surface area contributed by atoms with Gasteiger partial charge in [0.05, 0.1) is 18.0 Å². The Morgan fingerprint density at radius 1 is 1.62 bits per heavy atom. The highest BCUT2D eigenvalue weighted by Crippen LogP contribution is 2.24. The van der Waals surface area contributed by atoms with E-state index in [4.69, 9.17) is 5.26 Å². The molecule has 1 aromatic heterocycles. The Morgan fingerprint density at radius 2 is 2.38 bits per heavy atom. The molecule has 1 rings (SSSR count). The van der Waals surface area contributed by atoms with E-state index in [0.717, 1.165) is 17.3 Å². The molecule has 0 bridgehead atoms. The molecule has 0 aromatic carbocycles. The van der Waals surface area contributed by atoms with Crippen LogP contribution < -0.4 is 0 Å². The van der Waals surface area contributed by atoms with E-state index in [0.29, 0.717) is 6.54 Å². The molecule has 0 aliphatic rings. The first kappa shape index (κ1) is 12.7. The highest BCUT2D eigenvalue weighted by atomic mass is 32.2. The fraction of sp³-hybridized carbons (Fsp3) is 0.600. The van der Waals surface area contributed by atoms with Crippen LogP contribution >= 0.6 is 11.8 Å². The van der Waals surface area contributed by atoms with E-state index < -0.39 is 0 Å². The van der Waals surface area contributed by atoms with Crippen LogP contribution in [0.2, 0.25) is 0 Å². The average Bonchev–Trinajstić information content (AvgIpc) is 2.66. The zero-order valence-corrected chi connectivity index (χ0v) is 10.4. The highest BCUT2D eigenvalue weighted by molar-refractivity contribution is 7.99. The van der Waals surface area contributed by atoms with Crippen molar-refractivity contribution in [2.24, 2.45) is 5.41 Å². The van der Waals surface area contributed by atoms with Crippen molar-refractivity contribution in [3.05, 3.63) is 12.7 Å². The maximum Gasteiger partial charge on any atom is 0.209 e. The van der Waals surface area contributed by atoms with Crippen LogP contribution in [0, 0.1) is 16.7 Å². The van der Waals surface area contributed by atoms with Crippen LogP contribution in [0.3, 0.4) is 0 Å². The largest absolute Gasteiger partial charge is 0.217 e. The molecule has 0 radical (unpaired) electrons. The number of nitrogens with zero attached hydrogens (tertiary/aromatic N) is 5. The van der Waals surface area contributed by atoms with E-state index >= 15 is 0 Å². The van der Waals surface area contributed by atoms with Gasteiger partial charge in [0.2, 0.25) is 5.16 Å². The zero-order chi connectivity index (χ0) is 12.0. The van der Waals surface area contributed by atoms with Crippen LogP contribution in [-0.4, -0.2) is 26.0 Å². The molecule has 5 nitrogen and oxygen atoms in total. The van der Waals surface area contributed by atoms with Gasteiger partial charge in [0, 0.05) is 5.75 Å². The van der Waals surface area contributed by atoms with E-state index in [1.807, 2.05) is 13.8 Å². The van der Waals surface area contributed by atoms with Crippen LogP contribution in [0.15, 0.2) is 17.8 Å². The van der Waals surface area contributed by atoms with Crippen molar-refractivity contribution < 1.29 is 0 Å². The summed E-state index contributed by atoms with van der Waals surface area (Å²) in [7, 11) is 0. The maximum atomic E-state index is 8.87. The van der Waals surface area contributed by atoms with Crippen molar-refractivity contribution in [3.8, 4) is 6.07 Å². The van der Waals surface area contributed by atoms with E-state index in [-0.39, 0.29) is 5.41 Å². The van der Waals surface area contributed by atoms with Crippen LogP contribution in [0.4, 0.5) is 0 Å². The molecular formula is C10H15N5S. The molecule has 0 saturated heterocycles. The number of rotatable bonds is 6. The fourth-order valence-corrected chi connectivity index (χ4v) is 2.14. The van der Waals surface area contributed by atoms with Gasteiger partial charge in [-0.25, -0.2) is 4.68 Å². The van der Waals surface area contributed by atoms with Gasteiger partial charge in [-0.15, -0.1) is 11.7 Å². The predicted octanol–water partition coefficient (Wildman–Crippen LogP) is 1.89. The van der Waals surface area contributed by atoms with Gasteiger partial charge in [0.1, 0.15) is 0 Å². The van der Waals surface area contributed by atoms with Gasteiger partial charge in [-0.2, -0.15) is 5.26 Å². The molecule has 0 fully saturated rings. The summed E-state index contributed by atoms with van der Waals surface area (Å²) in [5.41, 5.74) is -0.288. The summed E-state index contributed by atoms with van der Waals surface area (Å²) < 4.78 is 1.69. The zero-order valence-electron chi connectivity index (χ0n) is 9.55. The third-order valence-electron chi connectivity index (χ3n) is 2.06. The molecule has 6 heteroatoms. The number of tetrazole rings is 1. The molecule has 0 aliphatic heterocycles. The minimum absolute atomic E-state index is 0.288. The fourth-order valence-electron chi connectivity index (χ4n) is 0.990. The predicted molar refractivity (Wildman–Crippen MR) is 62.7 cm³/mol. The summed E-state index contributed by atoms with van der Waals surface area (Å²) in [5.74, 6) is 0.831. The number of aromatic nitrogens is 4. The van der Waals surface area contributed by atoms with Gasteiger partial charge >= 0.3 is 0 Å². The van der Waals surface area contributed by atoms with Crippen LogP contribution in [0.5, 0.6) is 0 Å². The van der Waals surface area contributed by atoms with Crippen LogP contribution in [-0.2, 0) is 6.54 Å². The topological polar surface area (TPSA) is 67.4 Å². The number of hydrogen-bond acceptors (Lipinski definition) is 5. The van der Waals surface area contributed by atoms with E-state index in [2.05, 4.69) is 28.2 Å². The monoisotopic (exact) mass is 237 g/mol. The summed E-state index contributed by atoms with van der Waals surface area (Å²) >= 11 is 1.56. The minimum Gasteiger partial charge on any atom is -0.217 e. The quantitative estimate of drug-likeness (QED) is 0.558. The lowest BCUT2D eigenvalue weighted by Crippen LogP contribution is -2.09. The van der Waals surface area contributed by atoms with Crippen LogP contribution in [0.25, 0.3) is 0 Å². The Morgan fingerprint density at radius 3 is 3.00 bits per heavy atom. The van der Waals surface area contributed by atoms with Crippen LogP contribution in [0.1, 0.15) is 20.3 Å². The molecule has 0 spiro atoms. The minimum atomic E-state index is -0.288. The molecule has 0 aliphatic carbocycles. The number of nitriles is 1. The first-order chi connectivity index (χ1) is 7.59. The third-order valence-corrected chi connectivity index (χ3v) is 3.02. The Hall–Kier alpha value is -1.35. The first-order valence-electron chi connectivity index (χ1n) is 5.00. The molecule has 0 saturated carbocycles. The average molecular weight is 237 g/mol. The molecule has 16 heavy (non-hydrogen) atoms. The second-order valence-electron chi connectivity index (χ2n) is 4.03. The summed E-state index contributed by atoms with van der Waals surface area (Å²) in [5, 5.41) is 21.0.